The van der Waals surface area contributed by atoms with Crippen LogP contribution in [-0.4, -0.2) is 70.1 Å². The average molecular weight is 512 g/mol. The lowest BCUT2D eigenvalue weighted by Gasteiger charge is -2.35. The van der Waals surface area contributed by atoms with E-state index in [1.165, 1.54) is 20.4 Å². The van der Waals surface area contributed by atoms with Gasteiger partial charge in [-0.25, -0.2) is 4.98 Å². The van der Waals surface area contributed by atoms with Gasteiger partial charge in [0.2, 0.25) is 11.8 Å². The Morgan fingerprint density at radius 1 is 1.14 bits per heavy atom. The van der Waals surface area contributed by atoms with Crippen LogP contribution in [0, 0.1) is 12.8 Å². The predicted molar refractivity (Wildman–Crippen MR) is 124 cm³/mol. The van der Waals surface area contributed by atoms with Crippen LogP contribution >= 0.6 is 11.6 Å². The highest BCUT2D eigenvalue weighted by Crippen LogP contribution is 2.34. The van der Waals surface area contributed by atoms with Crippen molar-refractivity contribution in [3.8, 4) is 11.3 Å². The molecule has 2 aliphatic rings. The number of nitrogens with one attached hydrogen (secondary N) is 1. The molecule has 4 rings (SSSR count). The van der Waals surface area contributed by atoms with Crippen molar-refractivity contribution < 1.29 is 22.8 Å². The van der Waals surface area contributed by atoms with Gasteiger partial charge in [0.1, 0.15) is 12.4 Å². The zero-order valence-corrected chi connectivity index (χ0v) is 19.8. The number of aryl methyl sites for hydroxylation is 1. The van der Waals surface area contributed by atoms with Gasteiger partial charge in [0, 0.05) is 48.7 Å². The van der Waals surface area contributed by atoms with Crippen molar-refractivity contribution >= 4 is 29.1 Å². The SMILES string of the molecule is Cc1nc(-c2ccc(Cl)cc2NC(=O)C2CC2)cc(=O)n1CC(=O)N1CCN(CC(F)(F)F)CC1. The number of piperazine rings is 1. The van der Waals surface area contributed by atoms with E-state index in [1.54, 1.807) is 25.1 Å². The number of carbonyl (C=O) groups is 2. The molecule has 2 amide bonds. The smallest absolute Gasteiger partial charge is 0.339 e. The normalized spacial score (nSPS) is 16.9. The van der Waals surface area contributed by atoms with Gasteiger partial charge in [0.05, 0.1) is 17.9 Å². The van der Waals surface area contributed by atoms with Crippen molar-refractivity contribution in [1.29, 1.82) is 0 Å². The molecule has 0 bridgehead atoms. The van der Waals surface area contributed by atoms with Gasteiger partial charge in [-0.2, -0.15) is 13.2 Å². The molecule has 8 nitrogen and oxygen atoms in total. The zero-order chi connectivity index (χ0) is 25.3. The number of hydrogen-bond acceptors (Lipinski definition) is 5. The Hall–Kier alpha value is -2.92. The van der Waals surface area contributed by atoms with Crippen LogP contribution in [0.3, 0.4) is 0 Å². The highest BCUT2D eigenvalue weighted by molar-refractivity contribution is 6.31. The number of hydrogen-bond donors (Lipinski definition) is 1. The molecule has 2 aromatic rings. The molecule has 1 aliphatic carbocycles. The third kappa shape index (κ3) is 6.40. The second kappa shape index (κ2) is 9.98. The minimum absolute atomic E-state index is 0.0223. The van der Waals surface area contributed by atoms with Crippen molar-refractivity contribution in [2.75, 3.05) is 38.0 Å². The fraction of sp³-hybridized carbons (Fsp3) is 0.478. The Bertz CT molecular complexity index is 1190. The average Bonchev–Trinajstić information content (AvgIpc) is 3.61. The van der Waals surface area contributed by atoms with E-state index in [1.807, 2.05) is 0 Å². The topological polar surface area (TPSA) is 87.5 Å². The van der Waals surface area contributed by atoms with Gasteiger partial charge in [0.25, 0.3) is 5.56 Å². The van der Waals surface area contributed by atoms with Crippen molar-refractivity contribution in [3.05, 3.63) is 45.5 Å². The van der Waals surface area contributed by atoms with E-state index in [0.29, 0.717) is 27.8 Å². The molecule has 188 valence electrons. The molecule has 0 spiro atoms. The molecule has 1 aliphatic heterocycles. The largest absolute Gasteiger partial charge is 0.401 e. The first kappa shape index (κ1) is 25.2. The molecule has 1 N–H and O–H groups in total. The summed E-state index contributed by atoms with van der Waals surface area (Å²) in [4.78, 5) is 45.1. The third-order valence-corrected chi connectivity index (χ3v) is 6.32. The Balaban J connectivity index is 1.48. The summed E-state index contributed by atoms with van der Waals surface area (Å²) in [7, 11) is 0. The van der Waals surface area contributed by atoms with Crippen LogP contribution in [-0.2, 0) is 16.1 Å². The lowest BCUT2D eigenvalue weighted by Crippen LogP contribution is -2.52. The molecule has 1 aromatic carbocycles. The molecule has 0 unspecified atom stereocenters. The summed E-state index contributed by atoms with van der Waals surface area (Å²) < 4.78 is 39.0. The van der Waals surface area contributed by atoms with Gasteiger partial charge < -0.3 is 10.2 Å². The lowest BCUT2D eigenvalue weighted by atomic mass is 10.1. The number of rotatable bonds is 6. The fourth-order valence-corrected chi connectivity index (χ4v) is 4.19. The van der Waals surface area contributed by atoms with Crippen molar-refractivity contribution in [2.24, 2.45) is 5.92 Å². The quantitative estimate of drug-likeness (QED) is 0.644. The lowest BCUT2D eigenvalue weighted by molar-refractivity contribution is -0.151. The number of anilines is 1. The first-order valence-corrected chi connectivity index (χ1v) is 11.6. The minimum atomic E-state index is -4.28. The zero-order valence-electron chi connectivity index (χ0n) is 19.1. The van der Waals surface area contributed by atoms with Crippen molar-refractivity contribution in [3.63, 3.8) is 0 Å². The summed E-state index contributed by atoms with van der Waals surface area (Å²) in [6.45, 7) is 0.865. The van der Waals surface area contributed by atoms with Crippen molar-refractivity contribution in [2.45, 2.75) is 32.5 Å². The third-order valence-electron chi connectivity index (χ3n) is 6.08. The first-order valence-electron chi connectivity index (χ1n) is 11.3. The van der Waals surface area contributed by atoms with E-state index < -0.39 is 18.3 Å². The minimum Gasteiger partial charge on any atom is -0.339 e. The van der Waals surface area contributed by atoms with E-state index >= 15 is 0 Å². The Kier molecular flexibility index (Phi) is 7.18. The number of benzene rings is 1. The van der Waals surface area contributed by atoms with Crippen LogP contribution < -0.4 is 10.9 Å². The van der Waals surface area contributed by atoms with Crippen LogP contribution in [0.5, 0.6) is 0 Å². The van der Waals surface area contributed by atoms with Gasteiger partial charge in [0.15, 0.2) is 0 Å². The Morgan fingerprint density at radius 3 is 2.43 bits per heavy atom. The molecule has 1 saturated carbocycles. The fourth-order valence-electron chi connectivity index (χ4n) is 4.02. The molecule has 2 fully saturated rings. The summed E-state index contributed by atoms with van der Waals surface area (Å²) >= 11 is 6.10. The van der Waals surface area contributed by atoms with Gasteiger partial charge >= 0.3 is 6.18 Å². The predicted octanol–water partition coefficient (Wildman–Crippen LogP) is 2.93. The Morgan fingerprint density at radius 2 is 1.83 bits per heavy atom. The molecule has 2 heterocycles. The summed E-state index contributed by atoms with van der Waals surface area (Å²) in [5.41, 5.74) is 0.861. The van der Waals surface area contributed by atoms with Gasteiger partial charge in [-0.1, -0.05) is 11.6 Å². The number of halogens is 4. The molecule has 35 heavy (non-hydrogen) atoms. The van der Waals surface area contributed by atoms with Crippen LogP contribution in [0.2, 0.25) is 5.02 Å². The second-order valence-electron chi connectivity index (χ2n) is 8.84. The molecule has 12 heteroatoms. The number of aromatic nitrogens is 2. The monoisotopic (exact) mass is 511 g/mol. The summed E-state index contributed by atoms with van der Waals surface area (Å²) in [6.07, 6.45) is -2.62. The molecule has 0 atom stereocenters. The second-order valence-corrected chi connectivity index (χ2v) is 9.27. The highest BCUT2D eigenvalue weighted by atomic mass is 35.5. The number of carbonyl (C=O) groups excluding carboxylic acids is 2. The van der Waals surface area contributed by atoms with Crippen LogP contribution in [0.15, 0.2) is 29.1 Å². The van der Waals surface area contributed by atoms with Crippen LogP contribution in [0.4, 0.5) is 18.9 Å². The van der Waals surface area contributed by atoms with Crippen LogP contribution in [0.1, 0.15) is 18.7 Å². The van der Waals surface area contributed by atoms with Crippen molar-refractivity contribution in [1.82, 2.24) is 19.4 Å². The summed E-state index contributed by atoms with van der Waals surface area (Å²) in [5, 5.41) is 3.27. The summed E-state index contributed by atoms with van der Waals surface area (Å²) in [6, 6.07) is 6.19. The molecule has 0 radical (unpaired) electrons. The van der Waals surface area contributed by atoms with E-state index in [9.17, 15) is 27.6 Å². The van der Waals surface area contributed by atoms with Gasteiger partial charge in [-0.15, -0.1) is 0 Å². The Labute approximate surface area is 204 Å². The number of alkyl halides is 3. The first-order chi connectivity index (χ1) is 16.5. The standard InChI is InChI=1S/C23H25ClF3N5O3/c1-14-28-19(17-5-4-16(24)10-18(17)29-22(35)15-2-3-15)11-20(33)32(14)12-21(34)31-8-6-30(7-9-31)13-23(25,26)27/h4-5,10-11,15H,2-3,6-9,12-13H2,1H3,(H,29,35). The number of nitrogens with zero attached hydrogens (tertiary/aromatic N) is 4. The maximum Gasteiger partial charge on any atom is 0.401 e. The molecule has 1 saturated heterocycles. The maximum absolute atomic E-state index is 12.9. The van der Waals surface area contributed by atoms with Gasteiger partial charge in [-0.3, -0.25) is 23.9 Å². The highest BCUT2D eigenvalue weighted by Gasteiger charge is 2.33. The van der Waals surface area contributed by atoms with E-state index in [2.05, 4.69) is 10.3 Å². The van der Waals surface area contributed by atoms with Crippen LogP contribution in [0.25, 0.3) is 11.3 Å². The summed E-state index contributed by atoms with van der Waals surface area (Å²) in [5.74, 6) is -0.198. The van der Waals surface area contributed by atoms with Gasteiger partial charge in [-0.05, 0) is 38.0 Å². The van der Waals surface area contributed by atoms with E-state index in [4.69, 9.17) is 11.6 Å². The molecular formula is C23H25ClF3N5O3. The molecule has 1 aromatic heterocycles. The molecular weight excluding hydrogens is 487 g/mol. The number of amides is 2. The van der Waals surface area contributed by atoms with E-state index in [0.717, 1.165) is 12.8 Å². The van der Waals surface area contributed by atoms with E-state index in [-0.39, 0.29) is 50.5 Å². The maximum atomic E-state index is 12.9.